The average Bonchev–Trinajstić information content (AvgIpc) is 2.83. The topological polar surface area (TPSA) is 88.5 Å². The SMILES string of the molecule is Cc1nc(C)c(C(=O)NCC(Oc2ccc(F)cc2)C(=O)O)s1. The van der Waals surface area contributed by atoms with E-state index in [1.54, 1.807) is 13.8 Å². The van der Waals surface area contributed by atoms with Crippen LogP contribution in [0.3, 0.4) is 0 Å². The second-order valence-corrected chi connectivity index (χ2v) is 5.96. The van der Waals surface area contributed by atoms with E-state index in [-0.39, 0.29) is 12.3 Å². The number of nitrogens with one attached hydrogen (secondary N) is 1. The van der Waals surface area contributed by atoms with Crippen molar-refractivity contribution in [3.8, 4) is 5.75 Å². The van der Waals surface area contributed by atoms with Gasteiger partial charge in [0.15, 0.2) is 0 Å². The Hall–Kier alpha value is -2.48. The first-order valence-electron chi connectivity index (χ1n) is 6.74. The van der Waals surface area contributed by atoms with Crippen LogP contribution in [0.15, 0.2) is 24.3 Å². The number of nitrogens with zero attached hydrogens (tertiary/aromatic N) is 1. The molecule has 0 aliphatic carbocycles. The van der Waals surface area contributed by atoms with Gasteiger partial charge in [-0.25, -0.2) is 14.2 Å². The number of halogens is 1. The van der Waals surface area contributed by atoms with Gasteiger partial charge < -0.3 is 15.2 Å². The van der Waals surface area contributed by atoms with E-state index >= 15 is 0 Å². The fourth-order valence-electron chi connectivity index (χ4n) is 1.86. The Morgan fingerprint density at radius 3 is 2.52 bits per heavy atom. The monoisotopic (exact) mass is 338 g/mol. The molecular weight excluding hydrogens is 323 g/mol. The summed E-state index contributed by atoms with van der Waals surface area (Å²) in [5.74, 6) is -1.87. The van der Waals surface area contributed by atoms with E-state index in [0.717, 1.165) is 17.1 Å². The van der Waals surface area contributed by atoms with E-state index in [1.165, 1.54) is 23.5 Å². The third-order valence-electron chi connectivity index (χ3n) is 2.93. The molecule has 0 radical (unpaired) electrons. The molecule has 0 saturated heterocycles. The van der Waals surface area contributed by atoms with Crippen molar-refractivity contribution in [2.45, 2.75) is 20.0 Å². The Bertz CT molecular complexity index is 715. The lowest BCUT2D eigenvalue weighted by Gasteiger charge is -2.15. The largest absolute Gasteiger partial charge is 0.478 e. The summed E-state index contributed by atoms with van der Waals surface area (Å²) in [6.45, 7) is 3.27. The summed E-state index contributed by atoms with van der Waals surface area (Å²) >= 11 is 1.24. The minimum atomic E-state index is -1.28. The van der Waals surface area contributed by atoms with Gasteiger partial charge in [-0.2, -0.15) is 0 Å². The van der Waals surface area contributed by atoms with E-state index < -0.39 is 23.8 Å². The molecule has 122 valence electrons. The molecule has 0 aliphatic rings. The second kappa shape index (κ2) is 7.19. The molecule has 2 rings (SSSR count). The number of thiazole rings is 1. The molecule has 1 unspecified atom stereocenters. The summed E-state index contributed by atoms with van der Waals surface area (Å²) in [4.78, 5) is 27.9. The summed E-state index contributed by atoms with van der Waals surface area (Å²) < 4.78 is 18.1. The maximum Gasteiger partial charge on any atom is 0.346 e. The summed E-state index contributed by atoms with van der Waals surface area (Å²) in [6.07, 6.45) is -1.28. The Labute approximate surface area is 135 Å². The fourth-order valence-corrected chi connectivity index (χ4v) is 2.70. The Morgan fingerprint density at radius 1 is 1.35 bits per heavy atom. The molecule has 6 nitrogen and oxygen atoms in total. The number of carbonyl (C=O) groups excluding carboxylic acids is 1. The van der Waals surface area contributed by atoms with E-state index in [9.17, 15) is 19.1 Å². The van der Waals surface area contributed by atoms with Crippen LogP contribution in [0.5, 0.6) is 5.75 Å². The molecule has 2 N–H and O–H groups in total. The van der Waals surface area contributed by atoms with Crippen molar-refractivity contribution in [2.24, 2.45) is 0 Å². The Kier molecular flexibility index (Phi) is 5.28. The molecule has 0 aliphatic heterocycles. The van der Waals surface area contributed by atoms with Crippen molar-refractivity contribution >= 4 is 23.2 Å². The van der Waals surface area contributed by atoms with Gasteiger partial charge in [-0.05, 0) is 38.1 Å². The lowest BCUT2D eigenvalue weighted by Crippen LogP contribution is -2.40. The highest BCUT2D eigenvalue weighted by Gasteiger charge is 2.22. The number of ether oxygens (including phenoxy) is 1. The zero-order valence-electron chi connectivity index (χ0n) is 12.5. The van der Waals surface area contributed by atoms with Crippen LogP contribution >= 0.6 is 11.3 Å². The van der Waals surface area contributed by atoms with E-state index in [2.05, 4.69) is 10.3 Å². The van der Waals surface area contributed by atoms with Gasteiger partial charge >= 0.3 is 5.97 Å². The molecule has 0 saturated carbocycles. The van der Waals surface area contributed by atoms with Crippen molar-refractivity contribution in [3.05, 3.63) is 45.7 Å². The highest BCUT2D eigenvalue weighted by Crippen LogP contribution is 2.17. The predicted molar refractivity (Wildman–Crippen MR) is 82.4 cm³/mol. The molecule has 1 amide bonds. The number of amides is 1. The van der Waals surface area contributed by atoms with Crippen LogP contribution in [0.4, 0.5) is 4.39 Å². The van der Waals surface area contributed by atoms with Crippen molar-refractivity contribution in [1.29, 1.82) is 0 Å². The molecule has 1 aromatic carbocycles. The van der Waals surface area contributed by atoms with Gasteiger partial charge in [0.25, 0.3) is 5.91 Å². The van der Waals surface area contributed by atoms with E-state index in [0.29, 0.717) is 10.6 Å². The molecule has 0 spiro atoms. The summed E-state index contributed by atoms with van der Waals surface area (Å²) in [6, 6.07) is 4.97. The van der Waals surface area contributed by atoms with Gasteiger partial charge in [-0.1, -0.05) is 0 Å². The number of aryl methyl sites for hydroxylation is 2. The maximum absolute atomic E-state index is 12.8. The van der Waals surface area contributed by atoms with Crippen LogP contribution in [0.2, 0.25) is 0 Å². The maximum atomic E-state index is 12.8. The molecule has 1 heterocycles. The minimum absolute atomic E-state index is 0.206. The van der Waals surface area contributed by atoms with Crippen LogP contribution in [-0.4, -0.2) is 34.6 Å². The molecule has 0 fully saturated rings. The third-order valence-corrected chi connectivity index (χ3v) is 4.00. The quantitative estimate of drug-likeness (QED) is 0.843. The zero-order valence-corrected chi connectivity index (χ0v) is 13.3. The number of hydrogen-bond acceptors (Lipinski definition) is 5. The van der Waals surface area contributed by atoms with Gasteiger partial charge in [0.05, 0.1) is 17.2 Å². The lowest BCUT2D eigenvalue weighted by atomic mass is 10.3. The summed E-state index contributed by atoms with van der Waals surface area (Å²) in [5.41, 5.74) is 0.594. The molecule has 0 bridgehead atoms. The van der Waals surface area contributed by atoms with Crippen LogP contribution in [0, 0.1) is 19.7 Å². The zero-order chi connectivity index (χ0) is 17.0. The lowest BCUT2D eigenvalue weighted by molar-refractivity contribution is -0.144. The number of rotatable bonds is 6. The van der Waals surface area contributed by atoms with Crippen LogP contribution < -0.4 is 10.1 Å². The van der Waals surface area contributed by atoms with Gasteiger partial charge in [-0.15, -0.1) is 11.3 Å². The average molecular weight is 338 g/mol. The summed E-state index contributed by atoms with van der Waals surface area (Å²) in [7, 11) is 0. The van der Waals surface area contributed by atoms with Crippen LogP contribution in [-0.2, 0) is 4.79 Å². The smallest absolute Gasteiger partial charge is 0.346 e. The molecular formula is C15H15FN2O4S. The molecule has 8 heteroatoms. The summed E-state index contributed by atoms with van der Waals surface area (Å²) in [5, 5.41) is 12.4. The fraction of sp³-hybridized carbons (Fsp3) is 0.267. The first-order valence-corrected chi connectivity index (χ1v) is 7.55. The number of aromatic nitrogens is 1. The van der Waals surface area contributed by atoms with Crippen molar-refractivity contribution < 1.29 is 23.8 Å². The van der Waals surface area contributed by atoms with Gasteiger partial charge in [0, 0.05) is 0 Å². The minimum Gasteiger partial charge on any atom is -0.478 e. The van der Waals surface area contributed by atoms with E-state index in [1.807, 2.05) is 0 Å². The third kappa shape index (κ3) is 4.49. The predicted octanol–water partition coefficient (Wildman–Crippen LogP) is 2.16. The number of carboxylic acid groups (broad SMARTS) is 1. The first-order chi connectivity index (χ1) is 10.9. The number of benzene rings is 1. The van der Waals surface area contributed by atoms with Gasteiger partial charge in [0.2, 0.25) is 6.10 Å². The highest BCUT2D eigenvalue weighted by molar-refractivity contribution is 7.13. The van der Waals surface area contributed by atoms with Crippen molar-refractivity contribution in [1.82, 2.24) is 10.3 Å². The van der Waals surface area contributed by atoms with Crippen molar-refractivity contribution in [3.63, 3.8) is 0 Å². The molecule has 23 heavy (non-hydrogen) atoms. The van der Waals surface area contributed by atoms with E-state index in [4.69, 9.17) is 4.74 Å². The van der Waals surface area contributed by atoms with Crippen LogP contribution in [0.25, 0.3) is 0 Å². The molecule has 1 aromatic heterocycles. The van der Waals surface area contributed by atoms with Gasteiger partial charge in [0.1, 0.15) is 16.4 Å². The van der Waals surface area contributed by atoms with Crippen molar-refractivity contribution in [2.75, 3.05) is 6.54 Å². The second-order valence-electron chi connectivity index (χ2n) is 4.76. The Morgan fingerprint density at radius 2 is 2.00 bits per heavy atom. The number of hydrogen-bond donors (Lipinski definition) is 2. The number of carbonyl (C=O) groups is 2. The first kappa shape index (κ1) is 16.9. The standard InChI is InChI=1S/C15H15FN2O4S/c1-8-13(23-9(2)18-8)14(19)17-7-12(15(20)21)22-11-5-3-10(16)4-6-11/h3-6,12H,7H2,1-2H3,(H,17,19)(H,20,21). The normalized spacial score (nSPS) is 11.8. The molecule has 2 aromatic rings. The molecule has 1 atom stereocenters. The number of carboxylic acids is 1. The highest BCUT2D eigenvalue weighted by atomic mass is 32.1. The number of aliphatic carboxylic acids is 1. The van der Waals surface area contributed by atoms with Gasteiger partial charge in [-0.3, -0.25) is 4.79 Å². The Balaban J connectivity index is 1.99. The van der Waals surface area contributed by atoms with Crippen LogP contribution in [0.1, 0.15) is 20.4 Å².